The third kappa shape index (κ3) is 4.88. The highest BCUT2D eigenvalue weighted by molar-refractivity contribution is 5.07. The summed E-state index contributed by atoms with van der Waals surface area (Å²) in [7, 11) is 0. The Kier molecular flexibility index (Phi) is 6.79. The molecule has 2 fully saturated rings. The molecule has 0 aromatic rings. The Balaban J connectivity index is 2.14. The van der Waals surface area contributed by atoms with Gasteiger partial charge in [-0.25, -0.2) is 0 Å². The van der Waals surface area contributed by atoms with Crippen molar-refractivity contribution in [3.05, 3.63) is 0 Å². The molecule has 6 unspecified atom stereocenters. The van der Waals surface area contributed by atoms with Crippen LogP contribution in [0.15, 0.2) is 0 Å². The van der Waals surface area contributed by atoms with Crippen LogP contribution in [0.3, 0.4) is 0 Å². The Hall–Kier alpha value is -0.160. The van der Waals surface area contributed by atoms with Gasteiger partial charge in [0.2, 0.25) is 0 Å². The van der Waals surface area contributed by atoms with Crippen molar-refractivity contribution >= 4 is 0 Å². The molecule has 4 nitrogen and oxygen atoms in total. The molecule has 0 amide bonds. The summed E-state index contributed by atoms with van der Waals surface area (Å²) in [6, 6.07) is 0.277. The van der Waals surface area contributed by atoms with Gasteiger partial charge in [-0.05, 0) is 75.0 Å². The molecule has 0 heterocycles. The normalized spacial score (nSPS) is 39.7. The number of rotatable bonds is 7. The van der Waals surface area contributed by atoms with E-state index >= 15 is 0 Å². The molecule has 2 aliphatic carbocycles. The zero-order valence-electron chi connectivity index (χ0n) is 18.8. The average molecular weight is 384 g/mol. The van der Waals surface area contributed by atoms with E-state index in [2.05, 4.69) is 26.1 Å². The summed E-state index contributed by atoms with van der Waals surface area (Å²) >= 11 is 0. The maximum Gasteiger partial charge on any atom is 0.0948 e. The average Bonchev–Trinajstić information content (AvgIpc) is 2.50. The van der Waals surface area contributed by atoms with Crippen molar-refractivity contribution < 1.29 is 15.3 Å². The molecule has 0 bridgehead atoms. The standard InChI is InChI=1S/C23H45NO3/c1-16(2)24-15-19(25)23(7,27)14-10-18-21(5)12-8-11-20(3,4)17(21)9-13-22(18,6)26/h16-19,24-27H,8-15H2,1-7H3. The van der Waals surface area contributed by atoms with Gasteiger partial charge in [-0.15, -0.1) is 0 Å². The van der Waals surface area contributed by atoms with E-state index in [9.17, 15) is 15.3 Å². The summed E-state index contributed by atoms with van der Waals surface area (Å²) < 4.78 is 0. The SMILES string of the molecule is CC(C)NCC(O)C(C)(O)CCC1C(C)(O)CCC2C(C)(C)CCCC21C. The molecule has 0 spiro atoms. The Morgan fingerprint density at radius 1 is 1.11 bits per heavy atom. The molecule has 0 saturated heterocycles. The minimum absolute atomic E-state index is 0.0979. The van der Waals surface area contributed by atoms with Gasteiger partial charge in [-0.2, -0.15) is 0 Å². The van der Waals surface area contributed by atoms with Crippen molar-refractivity contribution in [2.24, 2.45) is 22.7 Å². The highest BCUT2D eigenvalue weighted by Crippen LogP contribution is 2.63. The maximum absolute atomic E-state index is 11.3. The van der Waals surface area contributed by atoms with E-state index in [-0.39, 0.29) is 17.4 Å². The second-order valence-electron chi connectivity index (χ2n) is 11.3. The molecule has 0 radical (unpaired) electrons. The van der Waals surface area contributed by atoms with Crippen molar-refractivity contribution in [1.82, 2.24) is 5.32 Å². The third-order valence-corrected chi connectivity index (χ3v) is 8.14. The first-order valence-electron chi connectivity index (χ1n) is 11.1. The topological polar surface area (TPSA) is 72.7 Å². The molecule has 0 aromatic heterocycles. The summed E-state index contributed by atoms with van der Waals surface area (Å²) in [4.78, 5) is 0. The van der Waals surface area contributed by atoms with Crippen LogP contribution in [0.5, 0.6) is 0 Å². The lowest BCUT2D eigenvalue weighted by atomic mass is 9.45. The molecule has 4 heteroatoms. The monoisotopic (exact) mass is 383 g/mol. The summed E-state index contributed by atoms with van der Waals surface area (Å²) in [5.74, 6) is 0.765. The smallest absolute Gasteiger partial charge is 0.0948 e. The van der Waals surface area contributed by atoms with E-state index in [1.807, 2.05) is 20.8 Å². The molecule has 0 aliphatic heterocycles. The van der Waals surface area contributed by atoms with Gasteiger partial charge >= 0.3 is 0 Å². The van der Waals surface area contributed by atoms with Gasteiger partial charge in [-0.1, -0.05) is 41.0 Å². The Morgan fingerprint density at radius 3 is 2.33 bits per heavy atom. The van der Waals surface area contributed by atoms with Crippen LogP contribution < -0.4 is 5.32 Å². The predicted molar refractivity (Wildman–Crippen MR) is 112 cm³/mol. The minimum atomic E-state index is -1.15. The van der Waals surface area contributed by atoms with Crippen LogP contribution in [0.25, 0.3) is 0 Å². The van der Waals surface area contributed by atoms with E-state index in [1.165, 1.54) is 12.8 Å². The van der Waals surface area contributed by atoms with Gasteiger partial charge in [0.05, 0.1) is 17.3 Å². The zero-order valence-corrected chi connectivity index (χ0v) is 18.8. The second kappa shape index (κ2) is 7.93. The summed E-state index contributed by atoms with van der Waals surface area (Å²) in [5.41, 5.74) is -1.44. The van der Waals surface area contributed by atoms with Crippen LogP contribution in [-0.2, 0) is 0 Å². The largest absolute Gasteiger partial charge is 0.390 e. The van der Waals surface area contributed by atoms with E-state index in [4.69, 9.17) is 0 Å². The molecular formula is C23H45NO3. The fourth-order valence-electron chi connectivity index (χ4n) is 6.44. The van der Waals surface area contributed by atoms with Gasteiger partial charge in [0.25, 0.3) is 0 Å². The molecule has 2 aliphatic rings. The zero-order chi connectivity index (χ0) is 20.7. The second-order valence-corrected chi connectivity index (χ2v) is 11.3. The summed E-state index contributed by atoms with van der Waals surface area (Å²) in [6.07, 6.45) is 6.01. The minimum Gasteiger partial charge on any atom is -0.390 e. The molecule has 160 valence electrons. The summed E-state index contributed by atoms with van der Waals surface area (Å²) in [6.45, 7) is 15.3. The summed E-state index contributed by atoms with van der Waals surface area (Å²) in [5, 5.41) is 35.9. The van der Waals surface area contributed by atoms with Gasteiger partial charge < -0.3 is 20.6 Å². The maximum atomic E-state index is 11.3. The number of aliphatic hydroxyl groups is 3. The van der Waals surface area contributed by atoms with Crippen LogP contribution in [0, 0.1) is 22.7 Å². The molecule has 6 atom stereocenters. The molecule has 2 rings (SSSR count). The number of hydrogen-bond acceptors (Lipinski definition) is 4. The number of aliphatic hydroxyl groups excluding tert-OH is 1. The van der Waals surface area contributed by atoms with Crippen molar-refractivity contribution in [3.63, 3.8) is 0 Å². The van der Waals surface area contributed by atoms with E-state index < -0.39 is 17.3 Å². The van der Waals surface area contributed by atoms with Crippen LogP contribution in [0.2, 0.25) is 0 Å². The van der Waals surface area contributed by atoms with Crippen molar-refractivity contribution in [2.75, 3.05) is 6.54 Å². The van der Waals surface area contributed by atoms with Crippen molar-refractivity contribution in [3.8, 4) is 0 Å². The van der Waals surface area contributed by atoms with Crippen LogP contribution in [-0.4, -0.2) is 45.2 Å². The van der Waals surface area contributed by atoms with Gasteiger partial charge in [0, 0.05) is 12.6 Å². The molecular weight excluding hydrogens is 338 g/mol. The van der Waals surface area contributed by atoms with Crippen molar-refractivity contribution in [2.45, 2.75) is 117 Å². The molecule has 27 heavy (non-hydrogen) atoms. The van der Waals surface area contributed by atoms with Gasteiger partial charge in [0.1, 0.15) is 0 Å². The Bertz CT molecular complexity index is 500. The van der Waals surface area contributed by atoms with E-state index in [1.54, 1.807) is 6.92 Å². The lowest BCUT2D eigenvalue weighted by molar-refractivity contribution is -0.175. The van der Waals surface area contributed by atoms with Crippen molar-refractivity contribution in [1.29, 1.82) is 0 Å². The van der Waals surface area contributed by atoms with E-state index in [0.29, 0.717) is 24.3 Å². The highest BCUT2D eigenvalue weighted by atomic mass is 16.3. The first-order valence-corrected chi connectivity index (χ1v) is 11.1. The first kappa shape index (κ1) is 23.1. The predicted octanol–water partition coefficient (Wildman–Crippen LogP) is 3.87. The van der Waals surface area contributed by atoms with Gasteiger partial charge in [-0.3, -0.25) is 0 Å². The first-order chi connectivity index (χ1) is 12.2. The van der Waals surface area contributed by atoms with E-state index in [0.717, 1.165) is 25.7 Å². The van der Waals surface area contributed by atoms with Gasteiger partial charge in [0.15, 0.2) is 0 Å². The molecule has 2 saturated carbocycles. The van der Waals surface area contributed by atoms with Crippen LogP contribution >= 0.6 is 0 Å². The lowest BCUT2D eigenvalue weighted by Gasteiger charge is -2.61. The number of nitrogens with one attached hydrogen (secondary N) is 1. The lowest BCUT2D eigenvalue weighted by Crippen LogP contribution is -2.58. The number of fused-ring (bicyclic) bond motifs is 1. The molecule has 4 N–H and O–H groups in total. The van der Waals surface area contributed by atoms with Crippen LogP contribution in [0.1, 0.15) is 93.4 Å². The highest BCUT2D eigenvalue weighted by Gasteiger charge is 2.57. The fraction of sp³-hybridized carbons (Fsp3) is 1.00. The molecule has 0 aromatic carbocycles. The third-order valence-electron chi connectivity index (χ3n) is 8.14. The van der Waals surface area contributed by atoms with Crippen LogP contribution in [0.4, 0.5) is 0 Å². The fourth-order valence-corrected chi connectivity index (χ4v) is 6.44. The Labute approximate surface area is 167 Å². The quantitative estimate of drug-likeness (QED) is 0.538. The number of hydrogen-bond donors (Lipinski definition) is 4. The Morgan fingerprint density at radius 2 is 1.74 bits per heavy atom.